The van der Waals surface area contributed by atoms with E-state index in [1.165, 1.54) is 13.3 Å². The van der Waals surface area contributed by atoms with Gasteiger partial charge in [0, 0.05) is 19.4 Å². The molecule has 0 spiro atoms. The van der Waals surface area contributed by atoms with Gasteiger partial charge in [0.1, 0.15) is 24.1 Å². The lowest BCUT2D eigenvalue weighted by Gasteiger charge is -2.40. The van der Waals surface area contributed by atoms with Gasteiger partial charge >= 0.3 is 5.69 Å². The lowest BCUT2D eigenvalue weighted by molar-refractivity contribution is -0.0508. The maximum absolute atomic E-state index is 12.2. The molecule has 0 amide bonds. The molecule has 12 heteroatoms. The summed E-state index contributed by atoms with van der Waals surface area (Å²) in [5.41, 5.74) is -1.30. The molecular formula is C16H28N2O8SSi. The second-order valence-electron chi connectivity index (χ2n) is 8.37. The molecule has 2 rings (SSSR count). The first kappa shape index (κ1) is 23.0. The third kappa shape index (κ3) is 4.99. The highest BCUT2D eigenvalue weighted by Crippen LogP contribution is 2.41. The van der Waals surface area contributed by atoms with Crippen molar-refractivity contribution in [3.05, 3.63) is 33.1 Å². The molecule has 1 aliphatic heterocycles. The first-order chi connectivity index (χ1) is 12.7. The van der Waals surface area contributed by atoms with Gasteiger partial charge in [-0.3, -0.25) is 18.9 Å². The normalized spacial score (nSPS) is 26.5. The Morgan fingerprint density at radius 3 is 2.36 bits per heavy atom. The quantitative estimate of drug-likeness (QED) is 0.492. The zero-order valence-electron chi connectivity index (χ0n) is 16.8. The predicted octanol–water partition coefficient (Wildman–Crippen LogP) is 0.727. The van der Waals surface area contributed by atoms with Crippen LogP contribution in [0.5, 0.6) is 0 Å². The standard InChI is InChI=1S/C16H28N2O8SSi/c1-16(2,3)28(5,6)26-12-10(9-27(21,22)23)25-14(13(12)24-4)18-8-7-11(19)17-15(18)20/h7-8,10,12-14H,9H2,1-6H3,(H,17,19,20)(H,21,22,23)/t10-,12?,13-,14-/m1/s1. The van der Waals surface area contributed by atoms with E-state index in [9.17, 15) is 22.6 Å². The minimum atomic E-state index is -4.38. The summed E-state index contributed by atoms with van der Waals surface area (Å²) in [4.78, 5) is 25.7. The molecule has 0 aliphatic carbocycles. The van der Waals surface area contributed by atoms with Crippen LogP contribution in [-0.4, -0.2) is 62.0 Å². The molecule has 1 aromatic heterocycles. The van der Waals surface area contributed by atoms with Crippen LogP contribution in [0.25, 0.3) is 0 Å². The van der Waals surface area contributed by atoms with Crippen molar-refractivity contribution in [2.24, 2.45) is 0 Å². The molecule has 28 heavy (non-hydrogen) atoms. The van der Waals surface area contributed by atoms with Gasteiger partial charge in [-0.15, -0.1) is 0 Å². The van der Waals surface area contributed by atoms with E-state index in [2.05, 4.69) is 4.98 Å². The highest BCUT2D eigenvalue weighted by atomic mass is 32.2. The van der Waals surface area contributed by atoms with Gasteiger partial charge in [0.25, 0.3) is 15.7 Å². The van der Waals surface area contributed by atoms with Crippen molar-refractivity contribution >= 4 is 18.4 Å². The summed E-state index contributed by atoms with van der Waals surface area (Å²) >= 11 is 0. The number of rotatable bonds is 6. The first-order valence-corrected chi connectivity index (χ1v) is 13.3. The van der Waals surface area contributed by atoms with E-state index in [-0.39, 0.29) is 5.04 Å². The Bertz CT molecular complexity index is 918. The molecule has 160 valence electrons. The summed E-state index contributed by atoms with van der Waals surface area (Å²) in [6.45, 7) is 10.1. The van der Waals surface area contributed by atoms with Gasteiger partial charge in [-0.25, -0.2) is 4.79 Å². The highest BCUT2D eigenvalue weighted by molar-refractivity contribution is 7.85. The fourth-order valence-corrected chi connectivity index (χ4v) is 4.81. The maximum atomic E-state index is 12.2. The van der Waals surface area contributed by atoms with Gasteiger partial charge in [-0.05, 0) is 18.1 Å². The summed E-state index contributed by atoms with van der Waals surface area (Å²) in [7, 11) is -5.36. The molecule has 1 fully saturated rings. The number of nitrogens with zero attached hydrogens (tertiary/aromatic N) is 1. The number of aromatic nitrogens is 2. The second kappa shape index (κ2) is 7.84. The van der Waals surface area contributed by atoms with Crippen molar-refractivity contribution in [3.63, 3.8) is 0 Å². The molecule has 1 saturated heterocycles. The lowest BCUT2D eigenvalue weighted by Crippen LogP contribution is -2.50. The Morgan fingerprint density at radius 1 is 1.29 bits per heavy atom. The predicted molar refractivity (Wildman–Crippen MR) is 105 cm³/mol. The van der Waals surface area contributed by atoms with Crippen LogP contribution in [0.3, 0.4) is 0 Å². The van der Waals surface area contributed by atoms with Gasteiger partial charge in [-0.1, -0.05) is 20.8 Å². The number of methoxy groups -OCH3 is 1. The molecule has 0 aromatic carbocycles. The van der Waals surface area contributed by atoms with E-state index >= 15 is 0 Å². The molecule has 2 N–H and O–H groups in total. The highest BCUT2D eigenvalue weighted by Gasteiger charge is 2.52. The van der Waals surface area contributed by atoms with Crippen LogP contribution >= 0.6 is 0 Å². The fourth-order valence-electron chi connectivity index (χ4n) is 2.81. The summed E-state index contributed by atoms with van der Waals surface area (Å²) in [5, 5.41) is -0.180. The average molecular weight is 437 g/mol. The second-order valence-corrected chi connectivity index (χ2v) is 14.6. The molecular weight excluding hydrogens is 408 g/mol. The van der Waals surface area contributed by atoms with E-state index in [1.54, 1.807) is 0 Å². The van der Waals surface area contributed by atoms with Crippen molar-refractivity contribution in [3.8, 4) is 0 Å². The minimum absolute atomic E-state index is 0.180. The van der Waals surface area contributed by atoms with Crippen molar-refractivity contribution in [1.29, 1.82) is 0 Å². The minimum Gasteiger partial charge on any atom is -0.408 e. The molecule has 4 atom stereocenters. The van der Waals surface area contributed by atoms with Crippen LogP contribution in [-0.2, 0) is 24.0 Å². The Hall–Kier alpha value is -1.31. The van der Waals surface area contributed by atoms with Gasteiger partial charge in [0.15, 0.2) is 14.5 Å². The zero-order chi connectivity index (χ0) is 21.5. The smallest absolute Gasteiger partial charge is 0.330 e. The molecule has 0 radical (unpaired) electrons. The van der Waals surface area contributed by atoms with Crippen LogP contribution in [0.1, 0.15) is 27.0 Å². The number of H-pyrrole nitrogens is 1. The fraction of sp³-hybridized carbons (Fsp3) is 0.750. The van der Waals surface area contributed by atoms with E-state index < -0.39 is 60.0 Å². The van der Waals surface area contributed by atoms with E-state index in [1.807, 2.05) is 33.9 Å². The lowest BCUT2D eigenvalue weighted by atomic mass is 10.1. The van der Waals surface area contributed by atoms with Crippen LogP contribution in [0.2, 0.25) is 18.1 Å². The Balaban J connectivity index is 2.48. The van der Waals surface area contributed by atoms with Gasteiger partial charge in [0.2, 0.25) is 0 Å². The topological polar surface area (TPSA) is 137 Å². The summed E-state index contributed by atoms with van der Waals surface area (Å²) in [5.74, 6) is -0.708. The molecule has 1 aromatic rings. The number of ether oxygens (including phenoxy) is 2. The first-order valence-electron chi connectivity index (χ1n) is 8.79. The number of aromatic amines is 1. The Labute approximate surface area is 164 Å². The Morgan fingerprint density at radius 2 is 1.89 bits per heavy atom. The van der Waals surface area contributed by atoms with Crippen molar-refractivity contribution in [2.75, 3.05) is 12.9 Å². The van der Waals surface area contributed by atoms with Gasteiger partial charge in [0.05, 0.1) is 0 Å². The van der Waals surface area contributed by atoms with Gasteiger partial charge in [-0.2, -0.15) is 8.42 Å². The maximum Gasteiger partial charge on any atom is 0.330 e. The summed E-state index contributed by atoms with van der Waals surface area (Å²) < 4.78 is 51.2. The van der Waals surface area contributed by atoms with Gasteiger partial charge < -0.3 is 13.9 Å². The van der Waals surface area contributed by atoms with Crippen LogP contribution in [0.4, 0.5) is 0 Å². The van der Waals surface area contributed by atoms with Crippen LogP contribution < -0.4 is 11.2 Å². The number of hydrogen-bond acceptors (Lipinski definition) is 7. The Kier molecular flexibility index (Phi) is 6.43. The molecule has 10 nitrogen and oxygen atoms in total. The largest absolute Gasteiger partial charge is 0.408 e. The number of nitrogens with one attached hydrogen (secondary N) is 1. The molecule has 1 aliphatic rings. The van der Waals surface area contributed by atoms with Crippen molar-refractivity contribution in [1.82, 2.24) is 9.55 Å². The van der Waals surface area contributed by atoms with Crippen molar-refractivity contribution < 1.29 is 26.9 Å². The summed E-state index contributed by atoms with van der Waals surface area (Å²) in [6.07, 6.45) is -2.51. The van der Waals surface area contributed by atoms with Crippen LogP contribution in [0, 0.1) is 0 Å². The monoisotopic (exact) mass is 436 g/mol. The summed E-state index contributed by atoms with van der Waals surface area (Å²) in [6, 6.07) is 1.15. The molecule has 1 unspecified atom stereocenters. The average Bonchev–Trinajstić information content (AvgIpc) is 2.81. The molecule has 0 bridgehead atoms. The SMILES string of the molecule is CO[C@@H]1C(O[Si](C)(C)C(C)(C)C)[C@@H](CS(=O)(=O)O)O[C@H]1n1ccc(=O)[nH]c1=O. The van der Waals surface area contributed by atoms with Crippen molar-refractivity contribution in [2.45, 2.75) is 63.4 Å². The van der Waals surface area contributed by atoms with E-state index in [0.717, 1.165) is 10.6 Å². The molecule has 2 heterocycles. The zero-order valence-corrected chi connectivity index (χ0v) is 18.6. The third-order valence-electron chi connectivity index (χ3n) is 5.29. The molecule has 0 saturated carbocycles. The number of hydrogen-bond donors (Lipinski definition) is 2. The van der Waals surface area contributed by atoms with Crippen LogP contribution in [0.15, 0.2) is 21.9 Å². The van der Waals surface area contributed by atoms with E-state index in [0.29, 0.717) is 0 Å². The third-order valence-corrected chi connectivity index (χ3v) is 10.5. The van der Waals surface area contributed by atoms with E-state index in [4.69, 9.17) is 13.9 Å².